The molecule has 2 unspecified atom stereocenters. The first kappa shape index (κ1) is 19.8. The van der Waals surface area contributed by atoms with Crippen molar-refractivity contribution in [3.8, 4) is 0 Å². The Labute approximate surface area is 161 Å². The van der Waals surface area contributed by atoms with Gasteiger partial charge in [-0.3, -0.25) is 9.59 Å². The van der Waals surface area contributed by atoms with Gasteiger partial charge in [-0.25, -0.2) is 0 Å². The van der Waals surface area contributed by atoms with E-state index in [1.54, 1.807) is 24.3 Å². The molecule has 1 aliphatic carbocycles. The molecule has 27 heavy (non-hydrogen) atoms. The zero-order chi connectivity index (χ0) is 19.2. The van der Waals surface area contributed by atoms with Crippen LogP contribution in [-0.2, 0) is 14.3 Å². The SMILES string of the molecule is CCCCC1CN(C(=O)c2ccc(NC(=O)COC)cc2)CC(C2CC2)O1. The zero-order valence-electron chi connectivity index (χ0n) is 16.3. The largest absolute Gasteiger partial charge is 0.375 e. The van der Waals surface area contributed by atoms with Crippen molar-refractivity contribution in [1.29, 1.82) is 0 Å². The van der Waals surface area contributed by atoms with E-state index in [0.717, 1.165) is 19.3 Å². The maximum Gasteiger partial charge on any atom is 0.254 e. The van der Waals surface area contributed by atoms with Crippen molar-refractivity contribution in [3.63, 3.8) is 0 Å². The van der Waals surface area contributed by atoms with E-state index in [1.165, 1.54) is 20.0 Å². The van der Waals surface area contributed by atoms with Gasteiger partial charge in [0.25, 0.3) is 5.91 Å². The molecular weight excluding hydrogens is 344 g/mol. The van der Waals surface area contributed by atoms with Crippen LogP contribution in [0.4, 0.5) is 5.69 Å². The van der Waals surface area contributed by atoms with E-state index in [-0.39, 0.29) is 30.6 Å². The highest BCUT2D eigenvalue weighted by Gasteiger charge is 2.39. The van der Waals surface area contributed by atoms with Crippen molar-refractivity contribution in [2.75, 3.05) is 32.1 Å². The average Bonchev–Trinajstić information content (AvgIpc) is 3.51. The Balaban J connectivity index is 1.63. The van der Waals surface area contributed by atoms with Crippen LogP contribution in [-0.4, -0.2) is 55.7 Å². The molecule has 1 saturated carbocycles. The molecule has 0 bridgehead atoms. The van der Waals surface area contributed by atoms with E-state index < -0.39 is 0 Å². The molecule has 2 aliphatic rings. The molecule has 148 valence electrons. The fourth-order valence-electron chi connectivity index (χ4n) is 3.56. The van der Waals surface area contributed by atoms with Gasteiger partial charge in [-0.15, -0.1) is 0 Å². The second kappa shape index (κ2) is 9.33. The summed E-state index contributed by atoms with van der Waals surface area (Å²) in [7, 11) is 1.48. The highest BCUT2D eigenvalue weighted by Crippen LogP contribution is 2.37. The number of carbonyl (C=O) groups is 2. The predicted octanol–water partition coefficient (Wildman–Crippen LogP) is 3.08. The van der Waals surface area contributed by atoms with Crippen molar-refractivity contribution in [2.24, 2.45) is 5.92 Å². The number of benzene rings is 1. The Morgan fingerprint density at radius 3 is 2.59 bits per heavy atom. The number of hydrogen-bond donors (Lipinski definition) is 1. The number of amides is 2. The predicted molar refractivity (Wildman–Crippen MR) is 104 cm³/mol. The molecule has 1 aromatic rings. The molecule has 1 saturated heterocycles. The molecule has 6 nitrogen and oxygen atoms in total. The number of unbranched alkanes of at least 4 members (excludes halogenated alkanes) is 1. The van der Waals surface area contributed by atoms with E-state index in [2.05, 4.69) is 12.2 Å². The van der Waals surface area contributed by atoms with E-state index in [9.17, 15) is 9.59 Å². The van der Waals surface area contributed by atoms with Gasteiger partial charge >= 0.3 is 0 Å². The highest BCUT2D eigenvalue weighted by atomic mass is 16.5. The number of ether oxygens (including phenoxy) is 2. The Kier molecular flexibility index (Phi) is 6.85. The van der Waals surface area contributed by atoms with Crippen LogP contribution in [0.25, 0.3) is 0 Å². The zero-order valence-corrected chi connectivity index (χ0v) is 16.3. The second-order valence-electron chi connectivity index (χ2n) is 7.54. The Morgan fingerprint density at radius 2 is 1.96 bits per heavy atom. The fraction of sp³-hybridized carbons (Fsp3) is 0.619. The van der Waals surface area contributed by atoms with Crippen molar-refractivity contribution in [2.45, 2.75) is 51.2 Å². The number of anilines is 1. The number of rotatable bonds is 8. The van der Waals surface area contributed by atoms with Crippen LogP contribution in [0.15, 0.2) is 24.3 Å². The lowest BCUT2D eigenvalue weighted by Gasteiger charge is -2.38. The maximum absolute atomic E-state index is 13.0. The Morgan fingerprint density at radius 1 is 1.22 bits per heavy atom. The van der Waals surface area contributed by atoms with Crippen LogP contribution in [0, 0.1) is 5.92 Å². The first-order chi connectivity index (χ1) is 13.1. The number of carbonyl (C=O) groups excluding carboxylic acids is 2. The third-order valence-electron chi connectivity index (χ3n) is 5.20. The number of morpholine rings is 1. The van der Waals surface area contributed by atoms with Gasteiger partial charge in [0.2, 0.25) is 5.91 Å². The molecule has 2 fully saturated rings. The van der Waals surface area contributed by atoms with Gasteiger partial charge in [0.15, 0.2) is 0 Å². The van der Waals surface area contributed by atoms with Gasteiger partial charge in [0.1, 0.15) is 6.61 Å². The third kappa shape index (κ3) is 5.53. The Bertz CT molecular complexity index is 642. The van der Waals surface area contributed by atoms with Gasteiger partial charge < -0.3 is 19.7 Å². The van der Waals surface area contributed by atoms with Crippen LogP contribution < -0.4 is 5.32 Å². The minimum atomic E-state index is -0.212. The lowest BCUT2D eigenvalue weighted by Crippen LogP contribution is -2.50. The molecular formula is C21H30N2O4. The fourth-order valence-corrected chi connectivity index (χ4v) is 3.56. The van der Waals surface area contributed by atoms with Gasteiger partial charge in [-0.2, -0.15) is 0 Å². The molecule has 0 spiro atoms. The summed E-state index contributed by atoms with van der Waals surface area (Å²) >= 11 is 0. The number of nitrogens with one attached hydrogen (secondary N) is 1. The molecule has 1 N–H and O–H groups in total. The topological polar surface area (TPSA) is 67.9 Å². The summed E-state index contributed by atoms with van der Waals surface area (Å²) in [6.07, 6.45) is 6.01. The monoisotopic (exact) mass is 374 g/mol. The number of nitrogens with zero attached hydrogens (tertiary/aromatic N) is 1. The quantitative estimate of drug-likeness (QED) is 0.759. The maximum atomic E-state index is 13.0. The van der Waals surface area contributed by atoms with Gasteiger partial charge in [-0.05, 0) is 49.4 Å². The van der Waals surface area contributed by atoms with Crippen molar-refractivity contribution in [1.82, 2.24) is 4.90 Å². The minimum absolute atomic E-state index is 0.0101. The minimum Gasteiger partial charge on any atom is -0.375 e. The standard InChI is InChI=1S/C21H30N2O4/c1-3-4-5-18-12-23(13-19(27-18)15-6-7-15)21(25)16-8-10-17(11-9-16)22-20(24)14-26-2/h8-11,15,18-19H,3-7,12-14H2,1-2H3,(H,22,24). The summed E-state index contributed by atoms with van der Waals surface area (Å²) in [6, 6.07) is 7.06. The molecule has 2 atom stereocenters. The molecule has 1 aliphatic heterocycles. The van der Waals surface area contributed by atoms with E-state index in [0.29, 0.717) is 30.3 Å². The van der Waals surface area contributed by atoms with Crippen LogP contribution in [0.1, 0.15) is 49.4 Å². The molecule has 6 heteroatoms. The smallest absolute Gasteiger partial charge is 0.254 e. The van der Waals surface area contributed by atoms with Gasteiger partial charge in [-0.1, -0.05) is 19.8 Å². The Hall–Kier alpha value is -1.92. The van der Waals surface area contributed by atoms with Crippen molar-refractivity contribution in [3.05, 3.63) is 29.8 Å². The second-order valence-corrected chi connectivity index (χ2v) is 7.54. The molecule has 3 rings (SSSR count). The molecule has 1 heterocycles. The lowest BCUT2D eigenvalue weighted by atomic mass is 10.1. The third-order valence-corrected chi connectivity index (χ3v) is 5.20. The van der Waals surface area contributed by atoms with Crippen molar-refractivity contribution >= 4 is 17.5 Å². The van der Waals surface area contributed by atoms with Crippen molar-refractivity contribution < 1.29 is 19.1 Å². The van der Waals surface area contributed by atoms with Gasteiger partial charge in [0, 0.05) is 31.5 Å². The van der Waals surface area contributed by atoms with E-state index in [4.69, 9.17) is 9.47 Å². The highest BCUT2D eigenvalue weighted by molar-refractivity contribution is 5.96. The summed E-state index contributed by atoms with van der Waals surface area (Å²) < 4.78 is 11.1. The molecule has 0 aromatic heterocycles. The summed E-state index contributed by atoms with van der Waals surface area (Å²) in [4.78, 5) is 26.5. The summed E-state index contributed by atoms with van der Waals surface area (Å²) in [5.41, 5.74) is 1.30. The summed E-state index contributed by atoms with van der Waals surface area (Å²) in [5, 5.41) is 2.74. The molecule has 2 amide bonds. The lowest BCUT2D eigenvalue weighted by molar-refractivity contribution is -0.119. The summed E-state index contributed by atoms with van der Waals surface area (Å²) in [6.45, 7) is 3.53. The van der Waals surface area contributed by atoms with Crippen LogP contribution in [0.2, 0.25) is 0 Å². The van der Waals surface area contributed by atoms with E-state index >= 15 is 0 Å². The molecule has 1 aromatic carbocycles. The van der Waals surface area contributed by atoms with Gasteiger partial charge in [0.05, 0.1) is 12.2 Å². The number of methoxy groups -OCH3 is 1. The number of hydrogen-bond acceptors (Lipinski definition) is 4. The van der Waals surface area contributed by atoms with Crippen LogP contribution in [0.5, 0.6) is 0 Å². The first-order valence-corrected chi connectivity index (χ1v) is 9.94. The first-order valence-electron chi connectivity index (χ1n) is 9.94. The summed E-state index contributed by atoms with van der Waals surface area (Å²) in [5.74, 6) is 0.444. The van der Waals surface area contributed by atoms with Crippen LogP contribution >= 0.6 is 0 Å². The van der Waals surface area contributed by atoms with E-state index in [1.807, 2.05) is 4.90 Å². The van der Waals surface area contributed by atoms with Crippen LogP contribution in [0.3, 0.4) is 0 Å². The average molecular weight is 374 g/mol. The normalized spacial score (nSPS) is 22.5. The molecule has 0 radical (unpaired) electrons.